The Morgan fingerprint density at radius 3 is 1.38 bits per heavy atom. The zero-order chi connectivity index (χ0) is 18.8. The van der Waals surface area contributed by atoms with E-state index in [1.165, 1.54) is 0 Å². The Balaban J connectivity index is 2.33. The number of hydrogen-bond donors (Lipinski definition) is 0. The molecule has 3 rings (SSSR count). The Bertz CT molecular complexity index is 808. The van der Waals surface area contributed by atoms with Crippen molar-refractivity contribution in [2.45, 2.75) is 19.4 Å². The molecule has 0 unspecified atom stereocenters. The van der Waals surface area contributed by atoms with Crippen LogP contribution in [0, 0.1) is 24.1 Å². The highest BCUT2D eigenvalue weighted by Crippen LogP contribution is 2.42. The molecular weight excluding hydrogens is 352 g/mol. The molecule has 0 aliphatic heterocycles. The minimum Gasteiger partial charge on any atom is -0.183 e. The predicted molar refractivity (Wildman–Crippen MR) is 89.8 cm³/mol. The van der Waals surface area contributed by atoms with E-state index in [9.17, 15) is 14.0 Å². The van der Waals surface area contributed by atoms with E-state index in [2.05, 4.69) is 0 Å². The standard InChI is InChI=1S/C21H19ClO4/c1-16-8-12-19(13-9-16)21(26-22(23,24)25,18-6-4-3-5-7-18)20-14-10-17(2)11-15-20/h3-15H,1-2H3. The van der Waals surface area contributed by atoms with Crippen molar-refractivity contribution in [2.24, 2.45) is 0 Å². The van der Waals surface area contributed by atoms with E-state index in [1.54, 1.807) is 48.5 Å². The lowest BCUT2D eigenvalue weighted by Crippen LogP contribution is -2.64. The topological polar surface area (TPSA) is 78.4 Å². The molecule has 3 aromatic carbocycles. The first-order chi connectivity index (χ1) is 12.3. The zero-order valence-electron chi connectivity index (χ0n) is 14.5. The predicted octanol–water partition coefficient (Wildman–Crippen LogP) is 1.51. The van der Waals surface area contributed by atoms with Crippen molar-refractivity contribution < 1.29 is 28.5 Å². The molecular formula is C21H19ClO4. The molecule has 0 saturated carbocycles. The van der Waals surface area contributed by atoms with E-state index < -0.39 is 15.8 Å². The van der Waals surface area contributed by atoms with Gasteiger partial charge in [0.05, 0.1) is 14.5 Å². The summed E-state index contributed by atoms with van der Waals surface area (Å²) in [6.45, 7) is 3.87. The minimum absolute atomic E-state index is 0.555. The van der Waals surface area contributed by atoms with Crippen molar-refractivity contribution in [1.82, 2.24) is 0 Å². The highest BCUT2D eigenvalue weighted by Gasteiger charge is 2.51. The van der Waals surface area contributed by atoms with Crippen LogP contribution in [0.5, 0.6) is 0 Å². The van der Waals surface area contributed by atoms with Crippen LogP contribution in [0.1, 0.15) is 27.8 Å². The zero-order valence-corrected chi connectivity index (χ0v) is 15.3. The average molecular weight is 371 g/mol. The van der Waals surface area contributed by atoms with Crippen LogP contribution in [0.3, 0.4) is 0 Å². The largest absolute Gasteiger partial charge is 0.298 e. The highest BCUT2D eigenvalue weighted by molar-refractivity contribution is 5.48. The van der Waals surface area contributed by atoms with Crippen molar-refractivity contribution in [2.75, 3.05) is 0 Å². The molecule has 134 valence electrons. The van der Waals surface area contributed by atoms with E-state index in [4.69, 9.17) is 4.29 Å². The Kier molecular flexibility index (Phi) is 5.14. The third kappa shape index (κ3) is 3.80. The van der Waals surface area contributed by atoms with Gasteiger partial charge in [-0.05, 0) is 13.8 Å². The van der Waals surface area contributed by atoms with Gasteiger partial charge in [0, 0.05) is 16.7 Å². The van der Waals surface area contributed by atoms with Gasteiger partial charge in [-0.15, -0.1) is 0 Å². The molecule has 0 radical (unpaired) electrons. The summed E-state index contributed by atoms with van der Waals surface area (Å²) in [5, 5.41) is 0. The maximum absolute atomic E-state index is 11.7. The number of benzene rings is 3. The van der Waals surface area contributed by atoms with Crippen molar-refractivity contribution in [3.63, 3.8) is 0 Å². The summed E-state index contributed by atoms with van der Waals surface area (Å²) in [4.78, 5) is 0. The quantitative estimate of drug-likeness (QED) is 0.638. The molecule has 0 aliphatic carbocycles. The van der Waals surface area contributed by atoms with Crippen molar-refractivity contribution in [1.29, 1.82) is 0 Å². The third-order valence-electron chi connectivity index (χ3n) is 4.31. The second kappa shape index (κ2) is 7.19. The molecule has 0 bridgehead atoms. The summed E-state index contributed by atoms with van der Waals surface area (Å²) >= 11 is 0. The average Bonchev–Trinajstić information content (AvgIpc) is 2.61. The molecule has 0 N–H and O–H groups in total. The molecule has 26 heavy (non-hydrogen) atoms. The van der Waals surface area contributed by atoms with Gasteiger partial charge in [-0.3, -0.25) is 0 Å². The number of aryl methyl sites for hydroxylation is 2. The Morgan fingerprint density at radius 2 is 1.00 bits per heavy atom. The molecule has 0 spiro atoms. The van der Waals surface area contributed by atoms with Crippen LogP contribution in [0.25, 0.3) is 0 Å². The lowest BCUT2D eigenvalue weighted by molar-refractivity contribution is -1.92. The SMILES string of the molecule is Cc1ccc(C(O[Cl+3]([O-])([O-])[O-])(c2ccccc2)c2ccc(C)cc2)cc1. The molecule has 0 saturated heterocycles. The molecule has 5 heteroatoms. The second-order valence-corrected chi connectivity index (χ2v) is 7.14. The molecule has 0 fully saturated rings. The van der Waals surface area contributed by atoms with Crippen molar-refractivity contribution >= 4 is 0 Å². The van der Waals surface area contributed by atoms with Crippen molar-refractivity contribution in [3.05, 3.63) is 107 Å². The van der Waals surface area contributed by atoms with Crippen LogP contribution in [0.2, 0.25) is 0 Å². The molecule has 0 aliphatic rings. The lowest BCUT2D eigenvalue weighted by atomic mass is 9.80. The molecule has 0 aromatic heterocycles. The maximum atomic E-state index is 11.7. The van der Waals surface area contributed by atoms with E-state index in [0.717, 1.165) is 11.1 Å². The summed E-state index contributed by atoms with van der Waals surface area (Å²) in [5.74, 6) is 0. The molecule has 0 atom stereocenters. The van der Waals surface area contributed by atoms with E-state index in [-0.39, 0.29) is 0 Å². The summed E-state index contributed by atoms with van der Waals surface area (Å²) in [5.41, 5.74) is 2.14. The monoisotopic (exact) mass is 370 g/mol. The van der Waals surface area contributed by atoms with Gasteiger partial charge in [-0.2, -0.15) is 14.0 Å². The van der Waals surface area contributed by atoms with Crippen LogP contribution < -0.4 is 14.0 Å². The van der Waals surface area contributed by atoms with E-state index >= 15 is 0 Å². The molecule has 0 amide bonds. The highest BCUT2D eigenvalue weighted by atomic mass is 35.7. The van der Waals surface area contributed by atoms with Crippen molar-refractivity contribution in [3.8, 4) is 0 Å². The summed E-state index contributed by atoms with van der Waals surface area (Å²) in [6.07, 6.45) is 0. The Morgan fingerprint density at radius 1 is 0.615 bits per heavy atom. The molecule has 4 nitrogen and oxygen atoms in total. The van der Waals surface area contributed by atoms with Crippen LogP contribution in [0.15, 0.2) is 78.9 Å². The van der Waals surface area contributed by atoms with Gasteiger partial charge >= 0.3 is 0 Å². The van der Waals surface area contributed by atoms with E-state index in [0.29, 0.717) is 16.7 Å². The van der Waals surface area contributed by atoms with Gasteiger partial charge in [-0.1, -0.05) is 90.0 Å². The second-order valence-electron chi connectivity index (χ2n) is 6.23. The van der Waals surface area contributed by atoms with Crippen LogP contribution in [0.4, 0.5) is 0 Å². The van der Waals surface area contributed by atoms with Crippen LogP contribution in [-0.2, 0) is 9.89 Å². The van der Waals surface area contributed by atoms with Gasteiger partial charge in [0.2, 0.25) is 0 Å². The summed E-state index contributed by atoms with van der Waals surface area (Å²) in [7, 11) is -4.69. The smallest absolute Gasteiger partial charge is 0.183 e. The normalized spacial score (nSPS) is 12.2. The maximum Gasteiger partial charge on any atom is 0.298 e. The van der Waals surface area contributed by atoms with Gasteiger partial charge < -0.3 is 0 Å². The first kappa shape index (κ1) is 18.6. The van der Waals surface area contributed by atoms with E-state index in [1.807, 2.05) is 44.2 Å². The fraction of sp³-hybridized carbons (Fsp3) is 0.143. The number of hydrogen-bond acceptors (Lipinski definition) is 4. The molecule has 0 heterocycles. The Labute approximate surface area is 155 Å². The minimum atomic E-state index is -4.69. The van der Waals surface area contributed by atoms with Gasteiger partial charge in [0.25, 0.3) is 5.60 Å². The number of halogens is 1. The lowest BCUT2D eigenvalue weighted by Gasteiger charge is -2.31. The van der Waals surface area contributed by atoms with Gasteiger partial charge in [-0.25, -0.2) is 0 Å². The summed E-state index contributed by atoms with van der Waals surface area (Å²) in [6, 6.07) is 23.4. The van der Waals surface area contributed by atoms with Crippen LogP contribution >= 0.6 is 0 Å². The van der Waals surface area contributed by atoms with Gasteiger partial charge in [0.1, 0.15) is 0 Å². The first-order valence-corrected chi connectivity index (χ1v) is 9.36. The third-order valence-corrected chi connectivity index (χ3v) is 4.73. The fourth-order valence-electron chi connectivity index (χ4n) is 3.02. The number of rotatable bonds is 5. The fourth-order valence-corrected chi connectivity index (χ4v) is 3.58. The first-order valence-electron chi connectivity index (χ1n) is 8.12. The van der Waals surface area contributed by atoms with Crippen LogP contribution in [-0.4, -0.2) is 0 Å². The molecule has 3 aromatic rings. The summed E-state index contributed by atoms with van der Waals surface area (Å²) < 4.78 is 40.3. The van der Waals surface area contributed by atoms with Gasteiger partial charge in [0.15, 0.2) is 0 Å². The Hall–Kier alpha value is -2.21.